The van der Waals surface area contributed by atoms with E-state index in [1.165, 1.54) is 25.7 Å². The van der Waals surface area contributed by atoms with Gasteiger partial charge in [-0.15, -0.1) is 10.2 Å². The van der Waals surface area contributed by atoms with Crippen LogP contribution < -0.4 is 4.90 Å². The molecule has 0 atom stereocenters. The summed E-state index contributed by atoms with van der Waals surface area (Å²) in [6.07, 6.45) is 8.48. The zero-order valence-electron chi connectivity index (χ0n) is 14.4. The van der Waals surface area contributed by atoms with Crippen molar-refractivity contribution in [1.29, 1.82) is 0 Å². The minimum absolute atomic E-state index is 0.0521. The SMILES string of the molecule is O=C(c1ccc(N2CCCC2)nn1)N(Cc1ccco1)C1CCCC1. The van der Waals surface area contributed by atoms with Crippen molar-refractivity contribution in [3.05, 3.63) is 42.0 Å². The standard InChI is InChI=1S/C19H24N4O2/c24-19(17-9-10-18(21-20-17)22-11-3-4-12-22)23(15-6-1-2-7-15)14-16-8-5-13-25-16/h5,8-10,13,15H,1-4,6-7,11-12,14H2. The lowest BCUT2D eigenvalue weighted by molar-refractivity contribution is 0.0641. The number of hydrogen-bond donors (Lipinski definition) is 0. The number of nitrogens with zero attached hydrogens (tertiary/aromatic N) is 4. The van der Waals surface area contributed by atoms with Gasteiger partial charge in [-0.1, -0.05) is 12.8 Å². The van der Waals surface area contributed by atoms with E-state index in [0.717, 1.165) is 37.5 Å². The van der Waals surface area contributed by atoms with Gasteiger partial charge in [0.05, 0.1) is 12.8 Å². The van der Waals surface area contributed by atoms with Gasteiger partial charge in [0.2, 0.25) is 0 Å². The molecule has 2 aromatic heterocycles. The van der Waals surface area contributed by atoms with Crippen LogP contribution in [0.3, 0.4) is 0 Å². The Morgan fingerprint density at radius 2 is 1.92 bits per heavy atom. The Morgan fingerprint density at radius 3 is 2.56 bits per heavy atom. The minimum atomic E-state index is -0.0521. The molecule has 1 aliphatic carbocycles. The van der Waals surface area contributed by atoms with E-state index < -0.39 is 0 Å². The fourth-order valence-electron chi connectivity index (χ4n) is 3.85. The molecule has 0 radical (unpaired) electrons. The quantitative estimate of drug-likeness (QED) is 0.836. The third-order valence-corrected chi connectivity index (χ3v) is 5.23. The first-order valence-corrected chi connectivity index (χ1v) is 9.23. The summed E-state index contributed by atoms with van der Waals surface area (Å²) in [6.45, 7) is 2.54. The average Bonchev–Trinajstić information content (AvgIpc) is 3.43. The van der Waals surface area contributed by atoms with Crippen molar-refractivity contribution < 1.29 is 9.21 Å². The molecule has 1 saturated carbocycles. The summed E-state index contributed by atoms with van der Waals surface area (Å²) >= 11 is 0. The summed E-state index contributed by atoms with van der Waals surface area (Å²) in [4.78, 5) is 17.2. The second-order valence-corrected chi connectivity index (χ2v) is 6.92. The van der Waals surface area contributed by atoms with Crippen molar-refractivity contribution in [3.63, 3.8) is 0 Å². The Morgan fingerprint density at radius 1 is 1.12 bits per heavy atom. The highest BCUT2D eigenvalue weighted by Gasteiger charge is 2.29. The van der Waals surface area contributed by atoms with E-state index in [9.17, 15) is 4.79 Å². The molecule has 6 nitrogen and oxygen atoms in total. The number of anilines is 1. The Balaban J connectivity index is 1.52. The first-order valence-electron chi connectivity index (χ1n) is 9.23. The fourth-order valence-corrected chi connectivity index (χ4v) is 3.85. The molecule has 0 bridgehead atoms. The van der Waals surface area contributed by atoms with E-state index >= 15 is 0 Å². The largest absolute Gasteiger partial charge is 0.467 e. The van der Waals surface area contributed by atoms with Crippen molar-refractivity contribution >= 4 is 11.7 Å². The van der Waals surface area contributed by atoms with Crippen molar-refractivity contribution in [3.8, 4) is 0 Å². The van der Waals surface area contributed by atoms with Gasteiger partial charge in [0.15, 0.2) is 11.5 Å². The number of rotatable bonds is 5. The van der Waals surface area contributed by atoms with Gasteiger partial charge in [-0.05, 0) is 49.9 Å². The van der Waals surface area contributed by atoms with Gasteiger partial charge in [0.25, 0.3) is 5.91 Å². The van der Waals surface area contributed by atoms with Gasteiger partial charge in [-0.2, -0.15) is 0 Å². The zero-order chi connectivity index (χ0) is 17.1. The van der Waals surface area contributed by atoms with Gasteiger partial charge in [-0.25, -0.2) is 0 Å². The van der Waals surface area contributed by atoms with Crippen LogP contribution in [0.4, 0.5) is 5.82 Å². The molecule has 0 spiro atoms. The predicted octanol–water partition coefficient (Wildman–Crippen LogP) is 3.25. The molecular formula is C19H24N4O2. The lowest BCUT2D eigenvalue weighted by atomic mass is 10.2. The van der Waals surface area contributed by atoms with Crippen LogP contribution >= 0.6 is 0 Å². The van der Waals surface area contributed by atoms with E-state index in [4.69, 9.17) is 4.42 Å². The Kier molecular flexibility index (Phi) is 4.68. The monoisotopic (exact) mass is 340 g/mol. The molecule has 25 heavy (non-hydrogen) atoms. The second kappa shape index (κ2) is 7.25. The van der Waals surface area contributed by atoms with Crippen molar-refractivity contribution in [2.24, 2.45) is 0 Å². The number of furan rings is 1. The Hall–Kier alpha value is -2.37. The lowest BCUT2D eigenvalue weighted by Crippen LogP contribution is -2.38. The summed E-state index contributed by atoms with van der Waals surface area (Å²) in [5, 5.41) is 8.52. The van der Waals surface area contributed by atoms with E-state index in [-0.39, 0.29) is 11.9 Å². The Labute approximate surface area is 147 Å². The van der Waals surface area contributed by atoms with Crippen molar-refractivity contribution in [2.75, 3.05) is 18.0 Å². The molecule has 2 fully saturated rings. The smallest absolute Gasteiger partial charge is 0.275 e. The number of carbonyl (C=O) groups is 1. The molecule has 0 N–H and O–H groups in total. The number of carbonyl (C=O) groups excluding carboxylic acids is 1. The van der Waals surface area contributed by atoms with Crippen LogP contribution in [0, 0.1) is 0 Å². The Bertz CT molecular complexity index is 687. The van der Waals surface area contributed by atoms with Crippen LogP contribution in [0.1, 0.15) is 54.8 Å². The van der Waals surface area contributed by atoms with Crippen LogP contribution in [0.5, 0.6) is 0 Å². The van der Waals surface area contributed by atoms with Gasteiger partial charge in [-0.3, -0.25) is 4.79 Å². The highest BCUT2D eigenvalue weighted by molar-refractivity contribution is 5.92. The van der Waals surface area contributed by atoms with Crippen LogP contribution in [0.25, 0.3) is 0 Å². The predicted molar refractivity (Wildman–Crippen MR) is 94.3 cm³/mol. The highest BCUT2D eigenvalue weighted by atomic mass is 16.3. The maximum Gasteiger partial charge on any atom is 0.275 e. The third-order valence-electron chi connectivity index (χ3n) is 5.23. The van der Waals surface area contributed by atoms with Gasteiger partial charge < -0.3 is 14.2 Å². The third kappa shape index (κ3) is 3.52. The summed E-state index contributed by atoms with van der Waals surface area (Å²) in [5.41, 5.74) is 0.418. The van der Waals surface area contributed by atoms with E-state index in [1.54, 1.807) is 6.26 Å². The zero-order valence-corrected chi connectivity index (χ0v) is 14.4. The minimum Gasteiger partial charge on any atom is -0.467 e. The van der Waals surface area contributed by atoms with Gasteiger partial charge in [0.1, 0.15) is 5.76 Å². The normalized spacial score (nSPS) is 18.0. The fraction of sp³-hybridized carbons (Fsp3) is 0.526. The molecule has 1 amide bonds. The number of hydrogen-bond acceptors (Lipinski definition) is 5. The van der Waals surface area contributed by atoms with E-state index in [2.05, 4.69) is 15.1 Å². The molecule has 3 heterocycles. The van der Waals surface area contributed by atoms with Gasteiger partial charge >= 0.3 is 0 Å². The average molecular weight is 340 g/mol. The first kappa shape index (κ1) is 16.1. The molecule has 0 unspecified atom stereocenters. The van der Waals surface area contributed by atoms with Crippen LogP contribution in [-0.2, 0) is 6.54 Å². The van der Waals surface area contributed by atoms with Gasteiger partial charge in [0, 0.05) is 19.1 Å². The molecule has 1 saturated heterocycles. The molecule has 0 aromatic carbocycles. The topological polar surface area (TPSA) is 62.5 Å². The summed E-state index contributed by atoms with van der Waals surface area (Å²) < 4.78 is 5.46. The molecule has 2 aromatic rings. The lowest BCUT2D eigenvalue weighted by Gasteiger charge is -2.28. The summed E-state index contributed by atoms with van der Waals surface area (Å²) in [7, 11) is 0. The van der Waals surface area contributed by atoms with Crippen molar-refractivity contribution in [2.45, 2.75) is 51.1 Å². The highest BCUT2D eigenvalue weighted by Crippen LogP contribution is 2.26. The van der Waals surface area contributed by atoms with E-state index in [0.29, 0.717) is 12.2 Å². The number of amides is 1. The molecule has 4 rings (SSSR count). The first-order chi connectivity index (χ1) is 12.3. The maximum absolute atomic E-state index is 13.1. The summed E-state index contributed by atoms with van der Waals surface area (Å²) in [6, 6.07) is 7.77. The molecule has 6 heteroatoms. The number of aromatic nitrogens is 2. The van der Waals surface area contributed by atoms with Crippen LogP contribution in [0.2, 0.25) is 0 Å². The van der Waals surface area contributed by atoms with Crippen LogP contribution in [-0.4, -0.2) is 40.1 Å². The molecule has 1 aliphatic heterocycles. The van der Waals surface area contributed by atoms with Crippen molar-refractivity contribution in [1.82, 2.24) is 15.1 Å². The molecule has 2 aliphatic rings. The van der Waals surface area contributed by atoms with Crippen LogP contribution in [0.15, 0.2) is 34.9 Å². The molecular weight excluding hydrogens is 316 g/mol. The summed E-state index contributed by atoms with van der Waals surface area (Å²) in [5.74, 6) is 1.62. The molecule has 132 valence electrons. The maximum atomic E-state index is 13.1. The second-order valence-electron chi connectivity index (χ2n) is 6.92. The van der Waals surface area contributed by atoms with E-state index in [1.807, 2.05) is 29.2 Å².